The van der Waals surface area contributed by atoms with Crippen LogP contribution in [-0.4, -0.2) is 19.1 Å². The zero-order valence-corrected chi connectivity index (χ0v) is 12.3. The Morgan fingerprint density at radius 2 is 2.14 bits per heavy atom. The topological polar surface area (TPSA) is 62.1 Å². The van der Waals surface area contributed by atoms with Gasteiger partial charge in [-0.15, -0.1) is 0 Å². The fraction of sp³-hybridized carbons (Fsp3) is 0.412. The molecule has 0 saturated heterocycles. The molecule has 0 aliphatic heterocycles. The van der Waals surface area contributed by atoms with E-state index in [0.717, 1.165) is 31.2 Å². The van der Waals surface area contributed by atoms with Crippen LogP contribution in [0.5, 0.6) is 5.75 Å². The van der Waals surface area contributed by atoms with Crippen molar-refractivity contribution in [1.82, 2.24) is 5.32 Å². The number of rotatable bonds is 4. The van der Waals surface area contributed by atoms with Gasteiger partial charge in [-0.1, -0.05) is 31.4 Å². The van der Waals surface area contributed by atoms with Crippen molar-refractivity contribution in [2.45, 2.75) is 38.1 Å². The van der Waals surface area contributed by atoms with Gasteiger partial charge in [0.25, 0.3) is 5.91 Å². The number of methoxy groups -OCH3 is 1. The van der Waals surface area contributed by atoms with Crippen molar-refractivity contribution >= 4 is 12.0 Å². The van der Waals surface area contributed by atoms with Crippen LogP contribution < -0.4 is 10.1 Å². The average Bonchev–Trinajstić information content (AvgIpc) is 2.53. The quantitative estimate of drug-likeness (QED) is 0.682. The Balaban J connectivity index is 2.08. The maximum absolute atomic E-state index is 12.2. The van der Waals surface area contributed by atoms with E-state index in [2.05, 4.69) is 5.32 Å². The van der Waals surface area contributed by atoms with E-state index in [9.17, 15) is 10.1 Å². The molecular formula is C17H20N2O2. The number of nitrogens with one attached hydrogen (secondary N) is 1. The van der Waals surface area contributed by atoms with Gasteiger partial charge in [0.15, 0.2) is 0 Å². The number of nitriles is 1. The summed E-state index contributed by atoms with van der Waals surface area (Å²) in [6.45, 7) is 0. The van der Waals surface area contributed by atoms with Gasteiger partial charge in [0, 0.05) is 6.04 Å². The van der Waals surface area contributed by atoms with Crippen molar-refractivity contribution in [3.8, 4) is 11.8 Å². The molecule has 1 amide bonds. The van der Waals surface area contributed by atoms with E-state index in [1.54, 1.807) is 19.3 Å². The summed E-state index contributed by atoms with van der Waals surface area (Å²) in [6, 6.07) is 9.48. The van der Waals surface area contributed by atoms with Crippen LogP contribution in [0.1, 0.15) is 37.7 Å². The summed E-state index contributed by atoms with van der Waals surface area (Å²) < 4.78 is 5.14. The van der Waals surface area contributed by atoms with Gasteiger partial charge in [-0.05, 0) is 36.6 Å². The highest BCUT2D eigenvalue weighted by Gasteiger charge is 2.18. The van der Waals surface area contributed by atoms with Crippen LogP contribution in [0.4, 0.5) is 0 Å². The van der Waals surface area contributed by atoms with Gasteiger partial charge in [-0.2, -0.15) is 5.26 Å². The predicted molar refractivity (Wildman–Crippen MR) is 81.6 cm³/mol. The molecule has 21 heavy (non-hydrogen) atoms. The third-order valence-corrected chi connectivity index (χ3v) is 3.71. The minimum absolute atomic E-state index is 0.133. The van der Waals surface area contributed by atoms with Gasteiger partial charge in [0.1, 0.15) is 17.4 Å². The number of carbonyl (C=O) groups excluding carboxylic acids is 1. The van der Waals surface area contributed by atoms with Crippen LogP contribution in [0.2, 0.25) is 0 Å². The summed E-state index contributed by atoms with van der Waals surface area (Å²) in [5.41, 5.74) is 0.915. The van der Waals surface area contributed by atoms with Gasteiger partial charge in [-0.25, -0.2) is 0 Å². The first kappa shape index (κ1) is 15.1. The summed E-state index contributed by atoms with van der Waals surface area (Å²) in [6.07, 6.45) is 7.13. The third kappa shape index (κ3) is 4.35. The summed E-state index contributed by atoms with van der Waals surface area (Å²) in [5, 5.41) is 12.2. The molecule has 4 heteroatoms. The minimum atomic E-state index is -0.285. The smallest absolute Gasteiger partial charge is 0.262 e. The van der Waals surface area contributed by atoms with E-state index in [-0.39, 0.29) is 17.5 Å². The molecule has 0 aromatic heterocycles. The summed E-state index contributed by atoms with van der Waals surface area (Å²) in [7, 11) is 1.59. The van der Waals surface area contributed by atoms with Gasteiger partial charge in [-0.3, -0.25) is 4.79 Å². The monoisotopic (exact) mass is 284 g/mol. The Morgan fingerprint density at radius 1 is 1.38 bits per heavy atom. The molecule has 0 heterocycles. The molecular weight excluding hydrogens is 264 g/mol. The Hall–Kier alpha value is -2.28. The van der Waals surface area contributed by atoms with Crippen molar-refractivity contribution in [2.24, 2.45) is 0 Å². The Morgan fingerprint density at radius 3 is 2.81 bits per heavy atom. The molecule has 1 aromatic rings. The van der Waals surface area contributed by atoms with Crippen LogP contribution in [0, 0.1) is 11.3 Å². The molecule has 1 aliphatic rings. The summed E-state index contributed by atoms with van der Waals surface area (Å²) in [4.78, 5) is 12.2. The number of hydrogen-bond donors (Lipinski definition) is 1. The zero-order chi connectivity index (χ0) is 15.1. The molecule has 1 N–H and O–H groups in total. The molecule has 110 valence electrons. The van der Waals surface area contributed by atoms with Gasteiger partial charge in [0.05, 0.1) is 7.11 Å². The van der Waals surface area contributed by atoms with Gasteiger partial charge in [0.2, 0.25) is 0 Å². The van der Waals surface area contributed by atoms with Crippen LogP contribution in [0.3, 0.4) is 0 Å². The largest absolute Gasteiger partial charge is 0.497 e. The van der Waals surface area contributed by atoms with E-state index in [0.29, 0.717) is 5.75 Å². The zero-order valence-electron chi connectivity index (χ0n) is 12.3. The summed E-state index contributed by atoms with van der Waals surface area (Å²) in [5.74, 6) is 0.418. The number of carbonyl (C=O) groups is 1. The van der Waals surface area contributed by atoms with Crippen molar-refractivity contribution in [1.29, 1.82) is 5.26 Å². The second-order valence-corrected chi connectivity index (χ2v) is 5.25. The molecule has 0 radical (unpaired) electrons. The van der Waals surface area contributed by atoms with Crippen molar-refractivity contribution < 1.29 is 9.53 Å². The average molecular weight is 284 g/mol. The highest BCUT2D eigenvalue weighted by molar-refractivity contribution is 6.01. The van der Waals surface area contributed by atoms with Gasteiger partial charge >= 0.3 is 0 Å². The molecule has 1 aromatic carbocycles. The first-order valence-corrected chi connectivity index (χ1v) is 7.29. The van der Waals surface area contributed by atoms with Crippen LogP contribution in [0.25, 0.3) is 6.08 Å². The lowest BCUT2D eigenvalue weighted by Gasteiger charge is -2.22. The Labute approximate surface area is 125 Å². The third-order valence-electron chi connectivity index (χ3n) is 3.71. The van der Waals surface area contributed by atoms with Crippen molar-refractivity contribution in [3.05, 3.63) is 35.4 Å². The lowest BCUT2D eigenvalue weighted by atomic mass is 9.95. The fourth-order valence-electron chi connectivity index (χ4n) is 2.56. The molecule has 2 rings (SSSR count). The molecule has 0 spiro atoms. The number of ether oxygens (including phenoxy) is 1. The molecule has 0 unspecified atom stereocenters. The Kier molecular flexibility index (Phi) is 5.39. The van der Waals surface area contributed by atoms with E-state index in [4.69, 9.17) is 4.74 Å². The molecule has 0 bridgehead atoms. The van der Waals surface area contributed by atoms with Crippen LogP contribution in [-0.2, 0) is 4.79 Å². The van der Waals surface area contributed by atoms with Crippen molar-refractivity contribution in [2.75, 3.05) is 7.11 Å². The Bertz CT molecular complexity index is 566. The van der Waals surface area contributed by atoms with Crippen LogP contribution in [0.15, 0.2) is 29.8 Å². The van der Waals surface area contributed by atoms with E-state index < -0.39 is 0 Å². The second-order valence-electron chi connectivity index (χ2n) is 5.25. The van der Waals surface area contributed by atoms with Gasteiger partial charge < -0.3 is 10.1 Å². The highest BCUT2D eigenvalue weighted by Crippen LogP contribution is 2.19. The summed E-state index contributed by atoms with van der Waals surface area (Å²) >= 11 is 0. The van der Waals surface area contributed by atoms with E-state index in [1.807, 2.05) is 24.3 Å². The molecule has 1 saturated carbocycles. The number of amides is 1. The number of hydrogen-bond acceptors (Lipinski definition) is 3. The fourth-order valence-corrected chi connectivity index (χ4v) is 2.56. The maximum atomic E-state index is 12.2. The molecule has 1 aliphatic carbocycles. The maximum Gasteiger partial charge on any atom is 0.262 e. The lowest BCUT2D eigenvalue weighted by molar-refractivity contribution is -0.117. The van der Waals surface area contributed by atoms with Crippen LogP contribution >= 0.6 is 0 Å². The molecule has 1 fully saturated rings. The van der Waals surface area contributed by atoms with E-state index >= 15 is 0 Å². The normalized spacial score (nSPS) is 16.1. The lowest BCUT2D eigenvalue weighted by Crippen LogP contribution is -2.36. The van der Waals surface area contributed by atoms with Crippen molar-refractivity contribution in [3.63, 3.8) is 0 Å². The molecule has 4 nitrogen and oxygen atoms in total. The van der Waals surface area contributed by atoms with E-state index in [1.165, 1.54) is 6.42 Å². The first-order chi connectivity index (χ1) is 10.2. The predicted octanol–water partition coefficient (Wildman–Crippen LogP) is 3.05. The number of nitrogens with zero attached hydrogens (tertiary/aromatic N) is 1. The standard InChI is InChI=1S/C17H20N2O2/c1-21-16-9-5-6-13(11-16)10-14(12-18)17(20)19-15-7-3-2-4-8-15/h5-6,9-11,15H,2-4,7-8H2,1H3,(H,19,20)/b14-10-. The first-order valence-electron chi connectivity index (χ1n) is 7.29. The minimum Gasteiger partial charge on any atom is -0.497 e. The second kappa shape index (κ2) is 7.49. The SMILES string of the molecule is COc1cccc(/C=C(/C#N)C(=O)NC2CCCCC2)c1. The molecule has 0 atom stereocenters. The highest BCUT2D eigenvalue weighted by atomic mass is 16.5. The number of benzene rings is 1.